The lowest BCUT2D eigenvalue weighted by atomic mass is 9.78. The predicted molar refractivity (Wildman–Crippen MR) is 91.9 cm³/mol. The predicted octanol–water partition coefficient (Wildman–Crippen LogP) is 5.16. The number of methoxy groups -OCH3 is 1. The molecule has 0 unspecified atom stereocenters. The average Bonchev–Trinajstić information content (AvgIpc) is 2.50. The van der Waals surface area contributed by atoms with Crippen LogP contribution in [0.15, 0.2) is 69.6 Å². The summed E-state index contributed by atoms with van der Waals surface area (Å²) >= 11 is 0. The van der Waals surface area contributed by atoms with Crippen molar-refractivity contribution < 1.29 is 9.53 Å². The van der Waals surface area contributed by atoms with Crippen LogP contribution in [0.2, 0.25) is 0 Å². The zero-order chi connectivity index (χ0) is 17.0. The van der Waals surface area contributed by atoms with E-state index < -0.39 is 0 Å². The van der Waals surface area contributed by atoms with Crippen LogP contribution >= 0.6 is 0 Å². The van der Waals surface area contributed by atoms with Crippen molar-refractivity contribution in [3.05, 3.63) is 59.3 Å². The van der Waals surface area contributed by atoms with E-state index in [4.69, 9.17) is 4.74 Å². The zero-order valence-corrected chi connectivity index (χ0v) is 14.3. The van der Waals surface area contributed by atoms with Gasteiger partial charge in [-0.05, 0) is 59.9 Å². The van der Waals surface area contributed by atoms with Crippen molar-refractivity contribution >= 4 is 11.5 Å². The van der Waals surface area contributed by atoms with Crippen molar-refractivity contribution in [1.29, 1.82) is 0 Å². The molecule has 0 spiro atoms. The van der Waals surface area contributed by atoms with Gasteiger partial charge in [0, 0.05) is 5.57 Å². The summed E-state index contributed by atoms with van der Waals surface area (Å²) < 4.78 is 5.10. The van der Waals surface area contributed by atoms with Crippen LogP contribution < -0.4 is 4.74 Å². The molecule has 1 aliphatic carbocycles. The molecule has 1 aromatic rings. The van der Waals surface area contributed by atoms with Crippen LogP contribution in [0, 0.1) is 5.41 Å². The number of allylic oxidation sites excluding steroid dienone is 5. The number of hydrogen-bond acceptors (Lipinski definition) is 4. The van der Waals surface area contributed by atoms with E-state index in [1.807, 2.05) is 64.1 Å². The van der Waals surface area contributed by atoms with Crippen LogP contribution in [0.3, 0.4) is 0 Å². The van der Waals surface area contributed by atoms with Gasteiger partial charge in [-0.2, -0.15) is 10.2 Å². The summed E-state index contributed by atoms with van der Waals surface area (Å²) in [4.78, 5) is 12.2. The van der Waals surface area contributed by atoms with E-state index in [-0.39, 0.29) is 11.2 Å². The molecule has 2 rings (SSSR count). The average molecular weight is 310 g/mol. The number of nitrogens with zero attached hydrogens (tertiary/aromatic N) is 2. The van der Waals surface area contributed by atoms with Crippen molar-refractivity contribution in [2.75, 3.05) is 7.11 Å². The highest BCUT2D eigenvalue weighted by atomic mass is 16.5. The molecule has 0 bridgehead atoms. The molecule has 4 nitrogen and oxygen atoms in total. The highest BCUT2D eigenvalue weighted by Crippen LogP contribution is 2.32. The Morgan fingerprint density at radius 2 is 1.74 bits per heavy atom. The third-order valence-electron chi connectivity index (χ3n) is 3.56. The molecule has 0 heterocycles. The standard InChI is InChI=1S/C19H22N2O2/c1-13-10-14(11-17(18(13)22)19(2,3)4)12-20-21-15-6-8-16(23-5)9-7-15/h6-12H,1-5H3. The Bertz CT molecular complexity index is 715. The minimum absolute atomic E-state index is 0.0988. The summed E-state index contributed by atoms with van der Waals surface area (Å²) in [5.41, 5.74) is 2.95. The van der Waals surface area contributed by atoms with Crippen LogP contribution in [0.25, 0.3) is 0 Å². The van der Waals surface area contributed by atoms with Gasteiger partial charge in [0.05, 0.1) is 19.0 Å². The molecule has 120 valence electrons. The van der Waals surface area contributed by atoms with Gasteiger partial charge < -0.3 is 4.74 Å². The van der Waals surface area contributed by atoms with E-state index >= 15 is 0 Å². The highest BCUT2D eigenvalue weighted by Gasteiger charge is 2.27. The van der Waals surface area contributed by atoms with Gasteiger partial charge >= 0.3 is 0 Å². The lowest BCUT2D eigenvalue weighted by Crippen LogP contribution is -2.21. The number of hydrogen-bond donors (Lipinski definition) is 0. The van der Waals surface area contributed by atoms with Crippen LogP contribution in [-0.2, 0) is 4.79 Å². The van der Waals surface area contributed by atoms with Crippen LogP contribution in [0.4, 0.5) is 5.69 Å². The number of carbonyl (C=O) groups is 1. The highest BCUT2D eigenvalue weighted by molar-refractivity contribution is 6.10. The normalized spacial score (nSPS) is 17.4. The second-order valence-corrected chi connectivity index (χ2v) is 6.51. The molecule has 0 aromatic heterocycles. The molecule has 1 aliphatic rings. The smallest absolute Gasteiger partial charge is 0.185 e. The first kappa shape index (κ1) is 16.9. The van der Waals surface area contributed by atoms with Gasteiger partial charge in [0.15, 0.2) is 5.78 Å². The number of rotatable bonds is 3. The van der Waals surface area contributed by atoms with Gasteiger partial charge in [-0.3, -0.25) is 4.79 Å². The van der Waals surface area contributed by atoms with E-state index in [1.54, 1.807) is 13.3 Å². The third-order valence-corrected chi connectivity index (χ3v) is 3.56. The Morgan fingerprint density at radius 1 is 1.09 bits per heavy atom. The van der Waals surface area contributed by atoms with Crippen LogP contribution in [0.5, 0.6) is 5.75 Å². The molecule has 1 aromatic carbocycles. The molecule has 0 radical (unpaired) electrons. The fourth-order valence-electron chi connectivity index (χ4n) is 2.24. The molecule has 0 atom stereocenters. The van der Waals surface area contributed by atoms with Gasteiger partial charge in [0.25, 0.3) is 0 Å². The minimum atomic E-state index is -0.196. The Kier molecular flexibility index (Phi) is 4.94. The van der Waals surface area contributed by atoms with Crippen molar-refractivity contribution in [3.8, 4) is 5.75 Å². The topological polar surface area (TPSA) is 51.0 Å². The second-order valence-electron chi connectivity index (χ2n) is 6.51. The minimum Gasteiger partial charge on any atom is -0.497 e. The summed E-state index contributed by atoms with van der Waals surface area (Å²) in [5.74, 6) is 0.881. The summed E-state index contributed by atoms with van der Waals surface area (Å²) in [6.07, 6.45) is 5.40. The summed E-state index contributed by atoms with van der Waals surface area (Å²) in [6.45, 7) is 7.93. The quantitative estimate of drug-likeness (QED) is 0.724. The third kappa shape index (κ3) is 4.25. The van der Waals surface area contributed by atoms with Crippen molar-refractivity contribution in [2.24, 2.45) is 15.6 Å². The van der Waals surface area contributed by atoms with Gasteiger partial charge in [-0.15, -0.1) is 0 Å². The first-order chi connectivity index (χ1) is 10.8. The number of ketones is 1. The lowest BCUT2D eigenvalue weighted by molar-refractivity contribution is -0.113. The van der Waals surface area contributed by atoms with Gasteiger partial charge in [-0.1, -0.05) is 20.8 Å². The summed E-state index contributed by atoms with van der Waals surface area (Å²) in [5, 5.41) is 8.28. The number of ether oxygens (including phenoxy) is 1. The monoisotopic (exact) mass is 310 g/mol. The van der Waals surface area contributed by atoms with Gasteiger partial charge in [0.1, 0.15) is 5.75 Å². The summed E-state index contributed by atoms with van der Waals surface area (Å²) in [6, 6.07) is 7.34. The lowest BCUT2D eigenvalue weighted by Gasteiger charge is -2.24. The van der Waals surface area contributed by atoms with E-state index in [9.17, 15) is 4.79 Å². The van der Waals surface area contributed by atoms with Crippen molar-refractivity contribution in [1.82, 2.24) is 0 Å². The second kappa shape index (κ2) is 6.73. The van der Waals surface area contributed by atoms with Crippen molar-refractivity contribution in [3.63, 3.8) is 0 Å². The largest absolute Gasteiger partial charge is 0.497 e. The summed E-state index contributed by atoms with van der Waals surface area (Å²) in [7, 11) is 1.62. The molecule has 0 saturated heterocycles. The molecular weight excluding hydrogens is 288 g/mol. The molecule has 4 heteroatoms. The molecule has 0 amide bonds. The maximum absolute atomic E-state index is 12.2. The Hall–Kier alpha value is -2.49. The Morgan fingerprint density at radius 3 is 2.30 bits per heavy atom. The zero-order valence-electron chi connectivity index (χ0n) is 14.3. The van der Waals surface area contributed by atoms with E-state index in [0.717, 1.165) is 28.2 Å². The molecule has 0 fully saturated rings. The number of azo groups is 1. The van der Waals surface area contributed by atoms with Crippen LogP contribution in [0.1, 0.15) is 27.7 Å². The molecular formula is C19H22N2O2. The number of carbonyl (C=O) groups excluding carboxylic acids is 1. The SMILES string of the molecule is COc1ccc(N=NC=C2C=C(C)C(=O)C(C(C)(C)C)=C2)cc1. The van der Waals surface area contributed by atoms with E-state index in [2.05, 4.69) is 10.2 Å². The molecule has 0 aliphatic heterocycles. The van der Waals surface area contributed by atoms with E-state index in [0.29, 0.717) is 0 Å². The first-order valence-corrected chi connectivity index (χ1v) is 7.51. The van der Waals surface area contributed by atoms with Gasteiger partial charge in [0.2, 0.25) is 0 Å². The molecule has 23 heavy (non-hydrogen) atoms. The first-order valence-electron chi connectivity index (χ1n) is 7.51. The Balaban J connectivity index is 2.22. The number of benzene rings is 1. The number of Topliss-reactive ketones (excluding diaryl/α,β-unsaturated/α-hetero) is 1. The van der Waals surface area contributed by atoms with Crippen LogP contribution in [-0.4, -0.2) is 12.9 Å². The Labute approximate surface area is 137 Å². The maximum Gasteiger partial charge on any atom is 0.185 e. The molecule has 0 N–H and O–H groups in total. The fourth-order valence-corrected chi connectivity index (χ4v) is 2.24. The van der Waals surface area contributed by atoms with Crippen molar-refractivity contribution in [2.45, 2.75) is 27.7 Å². The van der Waals surface area contributed by atoms with Gasteiger partial charge in [-0.25, -0.2) is 0 Å². The fraction of sp³-hybridized carbons (Fsp3) is 0.316. The van der Waals surface area contributed by atoms with E-state index in [1.165, 1.54) is 0 Å². The maximum atomic E-state index is 12.2. The molecule has 0 saturated carbocycles.